The maximum Gasteiger partial charge on any atom is 0.408 e. The summed E-state index contributed by atoms with van der Waals surface area (Å²) in [7, 11) is 0. The third kappa shape index (κ3) is 20.7. The molecule has 0 fully saturated rings. The topological polar surface area (TPSA) is 202 Å². The Morgan fingerprint density at radius 1 is 0.564 bits per heavy atom. The van der Waals surface area contributed by atoms with Crippen molar-refractivity contribution in [3.63, 3.8) is 0 Å². The SMILES string of the molecule is CCCCCC(OCc1ccccc1)C(C(=O)NC(CCC)NC(=O)C(C)NC(=O)OC(C)(C)C)C(=O)NC(CCC)NC(=O)C(C)NC(=O)OC(C)(C)C. The summed E-state index contributed by atoms with van der Waals surface area (Å²) >= 11 is 0. The van der Waals surface area contributed by atoms with Crippen molar-refractivity contribution in [3.8, 4) is 0 Å². The van der Waals surface area contributed by atoms with Gasteiger partial charge in [-0.3, -0.25) is 19.2 Å². The molecule has 0 bridgehead atoms. The summed E-state index contributed by atoms with van der Waals surface area (Å²) in [6.07, 6.45) is 0.414. The number of unbranched alkanes of at least 4 members (excludes halogenated alkanes) is 2. The minimum atomic E-state index is -1.39. The lowest BCUT2D eigenvalue weighted by Crippen LogP contribution is -2.59. The van der Waals surface area contributed by atoms with Gasteiger partial charge in [0.2, 0.25) is 23.6 Å². The largest absolute Gasteiger partial charge is 0.444 e. The number of alkyl carbamates (subject to hydrolysis) is 2. The van der Waals surface area contributed by atoms with Gasteiger partial charge in [-0.05, 0) is 80.2 Å². The molecule has 0 aliphatic rings. The minimum Gasteiger partial charge on any atom is -0.444 e. The first kappa shape index (κ1) is 48.6. The quantitative estimate of drug-likeness (QED) is 0.0513. The van der Waals surface area contributed by atoms with E-state index in [1.54, 1.807) is 41.5 Å². The minimum absolute atomic E-state index is 0.140. The van der Waals surface area contributed by atoms with Crippen LogP contribution in [0.25, 0.3) is 0 Å². The van der Waals surface area contributed by atoms with Gasteiger partial charge in [0.15, 0.2) is 0 Å². The Labute approximate surface area is 327 Å². The maximum absolute atomic E-state index is 14.3. The summed E-state index contributed by atoms with van der Waals surface area (Å²) in [5.41, 5.74) is -0.675. The van der Waals surface area contributed by atoms with Crippen molar-refractivity contribution in [2.75, 3.05) is 0 Å². The molecule has 0 spiro atoms. The predicted octanol–water partition coefficient (Wildman–Crippen LogP) is 5.31. The van der Waals surface area contributed by atoms with Crippen molar-refractivity contribution in [2.24, 2.45) is 5.92 Å². The van der Waals surface area contributed by atoms with Crippen LogP contribution in [0.3, 0.4) is 0 Å². The van der Waals surface area contributed by atoms with Crippen LogP contribution in [0, 0.1) is 5.92 Å². The smallest absolute Gasteiger partial charge is 0.408 e. The predicted molar refractivity (Wildman–Crippen MR) is 210 cm³/mol. The molecule has 0 aromatic heterocycles. The Morgan fingerprint density at radius 2 is 0.982 bits per heavy atom. The van der Waals surface area contributed by atoms with Gasteiger partial charge in [0.05, 0.1) is 12.7 Å². The first-order valence-electron chi connectivity index (χ1n) is 19.6. The summed E-state index contributed by atoms with van der Waals surface area (Å²) in [6, 6.07) is 7.40. The molecular formula is C40H68N6O9. The average Bonchev–Trinajstić information content (AvgIpc) is 3.05. The van der Waals surface area contributed by atoms with Crippen LogP contribution in [-0.2, 0) is 40.0 Å². The summed E-state index contributed by atoms with van der Waals surface area (Å²) in [5.74, 6) is -3.88. The van der Waals surface area contributed by atoms with Gasteiger partial charge in [-0.25, -0.2) is 9.59 Å². The van der Waals surface area contributed by atoms with Crippen LogP contribution in [0.15, 0.2) is 30.3 Å². The highest BCUT2D eigenvalue weighted by Crippen LogP contribution is 2.20. The van der Waals surface area contributed by atoms with Gasteiger partial charge in [-0.1, -0.05) is 83.2 Å². The highest BCUT2D eigenvalue weighted by atomic mass is 16.6. The van der Waals surface area contributed by atoms with E-state index in [-0.39, 0.29) is 6.61 Å². The lowest BCUT2D eigenvalue weighted by atomic mass is 9.94. The summed E-state index contributed by atoms with van der Waals surface area (Å²) < 4.78 is 16.9. The van der Waals surface area contributed by atoms with Gasteiger partial charge in [0, 0.05) is 0 Å². The van der Waals surface area contributed by atoms with Crippen molar-refractivity contribution >= 4 is 35.8 Å². The van der Waals surface area contributed by atoms with E-state index in [0.29, 0.717) is 38.5 Å². The molecule has 0 saturated heterocycles. The summed E-state index contributed by atoms with van der Waals surface area (Å²) in [5, 5.41) is 16.2. The lowest BCUT2D eigenvalue weighted by Gasteiger charge is -2.31. The highest BCUT2D eigenvalue weighted by Gasteiger charge is 2.38. The average molecular weight is 777 g/mol. The van der Waals surface area contributed by atoms with E-state index in [1.165, 1.54) is 13.8 Å². The third-order valence-electron chi connectivity index (χ3n) is 8.01. The second kappa shape index (κ2) is 24.2. The maximum atomic E-state index is 14.3. The zero-order valence-corrected chi connectivity index (χ0v) is 34.9. The molecule has 312 valence electrons. The van der Waals surface area contributed by atoms with Crippen molar-refractivity contribution < 1.29 is 43.0 Å². The number of nitrogens with one attached hydrogen (secondary N) is 6. The van der Waals surface area contributed by atoms with Gasteiger partial charge >= 0.3 is 12.2 Å². The number of carbonyl (C=O) groups is 6. The van der Waals surface area contributed by atoms with Gasteiger partial charge in [0.25, 0.3) is 0 Å². The molecule has 1 rings (SSSR count). The first-order chi connectivity index (χ1) is 25.7. The fourth-order valence-electron chi connectivity index (χ4n) is 5.33. The standard InChI is InChI=1S/C40H68N6O9/c1-12-15-17-24-29(53-25-28-22-18-16-19-23-28)32(35(49)45-30(20-13-2)43-33(47)26(4)41-37(51)54-39(6,7)8)36(50)46-31(21-14-3)44-34(48)27(5)42-38(52)55-40(9,10)11/h16,18-19,22-23,26-27,29-32H,12-15,17,20-21,24-25H2,1-11H3,(H,41,51)(H,42,52)(H,43,47)(H,44,48)(H,45,49)(H,46,50). The van der Waals surface area contributed by atoms with E-state index >= 15 is 0 Å². The molecule has 6 amide bonds. The van der Waals surface area contributed by atoms with E-state index in [4.69, 9.17) is 14.2 Å². The zero-order chi connectivity index (χ0) is 41.8. The normalized spacial score (nSPS) is 14.8. The Morgan fingerprint density at radius 3 is 1.36 bits per heavy atom. The third-order valence-corrected chi connectivity index (χ3v) is 8.01. The molecule has 1 aromatic carbocycles. The Bertz CT molecular complexity index is 1290. The number of rotatable bonds is 22. The molecule has 15 nitrogen and oxygen atoms in total. The van der Waals surface area contributed by atoms with Crippen LogP contribution in [0.5, 0.6) is 0 Å². The number of hydrogen-bond acceptors (Lipinski definition) is 9. The number of ether oxygens (including phenoxy) is 3. The second-order valence-corrected chi connectivity index (χ2v) is 15.8. The van der Waals surface area contributed by atoms with Crippen LogP contribution in [0.2, 0.25) is 0 Å². The highest BCUT2D eigenvalue weighted by molar-refractivity contribution is 6.01. The van der Waals surface area contributed by atoms with E-state index in [2.05, 4.69) is 31.9 Å². The number of benzene rings is 1. The molecule has 55 heavy (non-hydrogen) atoms. The van der Waals surface area contributed by atoms with Crippen molar-refractivity contribution in [1.29, 1.82) is 0 Å². The first-order valence-corrected chi connectivity index (χ1v) is 19.6. The molecule has 0 aliphatic carbocycles. The van der Waals surface area contributed by atoms with Gasteiger partial charge in [-0.2, -0.15) is 0 Å². The molecule has 0 radical (unpaired) electrons. The molecule has 5 unspecified atom stereocenters. The fraction of sp³-hybridized carbons (Fsp3) is 0.700. The molecule has 6 N–H and O–H groups in total. The van der Waals surface area contributed by atoms with Crippen LogP contribution >= 0.6 is 0 Å². The van der Waals surface area contributed by atoms with Crippen molar-refractivity contribution in [3.05, 3.63) is 35.9 Å². The molecule has 5 atom stereocenters. The molecule has 0 aliphatic heterocycles. The monoisotopic (exact) mass is 777 g/mol. The van der Waals surface area contributed by atoms with Crippen LogP contribution in [0.1, 0.15) is 133 Å². The van der Waals surface area contributed by atoms with Crippen molar-refractivity contribution in [2.45, 2.75) is 176 Å². The molecule has 15 heteroatoms. The number of amides is 6. The van der Waals surface area contributed by atoms with Crippen LogP contribution in [-0.4, -0.2) is 77.5 Å². The van der Waals surface area contributed by atoms with Gasteiger partial charge in [0.1, 0.15) is 41.5 Å². The Kier molecular flexibility index (Phi) is 21.4. The number of carbonyl (C=O) groups excluding carboxylic acids is 6. The number of hydrogen-bond donors (Lipinski definition) is 6. The Balaban J connectivity index is 3.39. The van der Waals surface area contributed by atoms with Crippen LogP contribution in [0.4, 0.5) is 9.59 Å². The van der Waals surface area contributed by atoms with Crippen molar-refractivity contribution in [1.82, 2.24) is 31.9 Å². The zero-order valence-electron chi connectivity index (χ0n) is 34.9. The Hall–Kier alpha value is -4.40. The molecular weight excluding hydrogens is 708 g/mol. The lowest BCUT2D eigenvalue weighted by molar-refractivity contribution is -0.144. The second-order valence-electron chi connectivity index (χ2n) is 15.8. The molecule has 0 heterocycles. The summed E-state index contributed by atoms with van der Waals surface area (Å²) in [4.78, 5) is 79.6. The molecule has 0 saturated carbocycles. The van der Waals surface area contributed by atoms with E-state index in [9.17, 15) is 28.8 Å². The van der Waals surface area contributed by atoms with E-state index in [0.717, 1.165) is 18.4 Å². The summed E-state index contributed by atoms with van der Waals surface area (Å²) in [6.45, 7) is 19.2. The van der Waals surface area contributed by atoms with E-state index < -0.39 is 83.5 Å². The van der Waals surface area contributed by atoms with Crippen LogP contribution < -0.4 is 31.9 Å². The fourth-order valence-corrected chi connectivity index (χ4v) is 5.33. The molecule has 1 aromatic rings. The van der Waals surface area contributed by atoms with E-state index in [1.807, 2.05) is 51.1 Å². The van der Waals surface area contributed by atoms with Gasteiger partial charge < -0.3 is 46.1 Å². The van der Waals surface area contributed by atoms with Gasteiger partial charge in [-0.15, -0.1) is 0 Å².